The van der Waals surface area contributed by atoms with Crippen LogP contribution in [0, 0.1) is 6.92 Å². The summed E-state index contributed by atoms with van der Waals surface area (Å²) >= 11 is 0. The summed E-state index contributed by atoms with van der Waals surface area (Å²) in [6.45, 7) is 5.11. The van der Waals surface area contributed by atoms with Crippen molar-refractivity contribution < 1.29 is 0 Å². The lowest BCUT2D eigenvalue weighted by atomic mass is 10.1. The molecule has 0 saturated heterocycles. The van der Waals surface area contributed by atoms with Crippen LogP contribution in [0.15, 0.2) is 48.7 Å². The molecule has 0 radical (unpaired) electrons. The zero-order chi connectivity index (χ0) is 12.1. The van der Waals surface area contributed by atoms with Gasteiger partial charge in [0.1, 0.15) is 0 Å². The van der Waals surface area contributed by atoms with Crippen molar-refractivity contribution in [2.24, 2.45) is 0 Å². The molecule has 17 heavy (non-hydrogen) atoms. The third-order valence-electron chi connectivity index (χ3n) is 2.86. The number of hydrogen-bond donors (Lipinski definition) is 1. The normalized spacial score (nSPS) is 12.4. The molecule has 0 saturated carbocycles. The Hall–Kier alpha value is -1.67. The molecule has 1 N–H and O–H groups in total. The van der Waals surface area contributed by atoms with E-state index in [-0.39, 0.29) is 6.04 Å². The molecule has 0 unspecified atom stereocenters. The zero-order valence-electron chi connectivity index (χ0n) is 10.4. The van der Waals surface area contributed by atoms with Crippen LogP contribution in [0.5, 0.6) is 0 Å². The van der Waals surface area contributed by atoms with Gasteiger partial charge in [0.2, 0.25) is 0 Å². The molecule has 0 aliphatic heterocycles. The topological polar surface area (TPSA) is 24.9 Å². The number of aromatic nitrogens is 1. The average Bonchev–Trinajstić information content (AvgIpc) is 2.39. The number of hydrogen-bond acceptors (Lipinski definition) is 2. The van der Waals surface area contributed by atoms with Crippen molar-refractivity contribution in [3.63, 3.8) is 0 Å². The van der Waals surface area contributed by atoms with Crippen LogP contribution in [-0.2, 0) is 6.54 Å². The average molecular weight is 226 g/mol. The van der Waals surface area contributed by atoms with Gasteiger partial charge in [0.05, 0.1) is 5.69 Å². The third kappa shape index (κ3) is 3.40. The molecule has 1 heterocycles. The van der Waals surface area contributed by atoms with E-state index in [1.54, 1.807) is 0 Å². The SMILES string of the molecule is Cc1ccc(CN[C@@H](C)c2ccccn2)cc1. The minimum atomic E-state index is 0.275. The zero-order valence-corrected chi connectivity index (χ0v) is 10.4. The van der Waals surface area contributed by atoms with Crippen LogP contribution >= 0.6 is 0 Å². The Balaban J connectivity index is 1.92. The maximum atomic E-state index is 4.34. The largest absolute Gasteiger partial charge is 0.305 e. The summed E-state index contributed by atoms with van der Waals surface area (Å²) in [7, 11) is 0. The summed E-state index contributed by atoms with van der Waals surface area (Å²) in [6, 6.07) is 14.9. The first-order valence-electron chi connectivity index (χ1n) is 5.95. The molecule has 2 heteroatoms. The van der Waals surface area contributed by atoms with Crippen molar-refractivity contribution in [2.75, 3.05) is 0 Å². The molecule has 2 rings (SSSR count). The number of benzene rings is 1. The van der Waals surface area contributed by atoms with E-state index in [1.165, 1.54) is 11.1 Å². The Morgan fingerprint density at radius 1 is 1.12 bits per heavy atom. The van der Waals surface area contributed by atoms with Crippen molar-refractivity contribution in [2.45, 2.75) is 26.4 Å². The van der Waals surface area contributed by atoms with Crippen LogP contribution in [0.3, 0.4) is 0 Å². The second-order valence-corrected chi connectivity index (χ2v) is 4.34. The van der Waals surface area contributed by atoms with E-state index < -0.39 is 0 Å². The summed E-state index contributed by atoms with van der Waals surface area (Å²) in [5, 5.41) is 3.47. The number of nitrogens with zero attached hydrogens (tertiary/aromatic N) is 1. The summed E-state index contributed by atoms with van der Waals surface area (Å²) in [6.07, 6.45) is 1.83. The Morgan fingerprint density at radius 3 is 2.53 bits per heavy atom. The first kappa shape index (κ1) is 11.8. The van der Waals surface area contributed by atoms with E-state index >= 15 is 0 Å². The molecular formula is C15H18N2. The molecule has 0 spiro atoms. The lowest BCUT2D eigenvalue weighted by Crippen LogP contribution is -2.18. The Labute approximate surface area is 103 Å². The lowest BCUT2D eigenvalue weighted by molar-refractivity contribution is 0.561. The maximum Gasteiger partial charge on any atom is 0.0570 e. The standard InChI is InChI=1S/C15H18N2/c1-12-6-8-14(9-7-12)11-17-13(2)15-5-3-4-10-16-15/h3-10,13,17H,11H2,1-2H3/t13-/m0/s1. The van der Waals surface area contributed by atoms with Gasteiger partial charge in [-0.1, -0.05) is 35.9 Å². The van der Waals surface area contributed by atoms with Crippen LogP contribution in [0.4, 0.5) is 0 Å². The van der Waals surface area contributed by atoms with Crippen molar-refractivity contribution >= 4 is 0 Å². The Morgan fingerprint density at radius 2 is 1.88 bits per heavy atom. The van der Waals surface area contributed by atoms with Crippen molar-refractivity contribution in [3.05, 3.63) is 65.5 Å². The van der Waals surface area contributed by atoms with E-state index in [9.17, 15) is 0 Å². The van der Waals surface area contributed by atoms with E-state index in [2.05, 4.69) is 48.4 Å². The summed E-state index contributed by atoms with van der Waals surface area (Å²) in [5.41, 5.74) is 3.68. The summed E-state index contributed by atoms with van der Waals surface area (Å²) in [4.78, 5) is 4.34. The summed E-state index contributed by atoms with van der Waals surface area (Å²) < 4.78 is 0. The number of aryl methyl sites for hydroxylation is 1. The van der Waals surface area contributed by atoms with Crippen LogP contribution in [-0.4, -0.2) is 4.98 Å². The second-order valence-electron chi connectivity index (χ2n) is 4.34. The molecule has 0 aliphatic carbocycles. The van der Waals surface area contributed by atoms with Crippen LogP contribution in [0.1, 0.15) is 29.8 Å². The van der Waals surface area contributed by atoms with Crippen LogP contribution in [0.2, 0.25) is 0 Å². The van der Waals surface area contributed by atoms with E-state index in [4.69, 9.17) is 0 Å². The lowest BCUT2D eigenvalue weighted by Gasteiger charge is -2.13. The number of nitrogens with one attached hydrogen (secondary N) is 1. The molecule has 1 aromatic carbocycles. The molecule has 0 amide bonds. The quantitative estimate of drug-likeness (QED) is 0.865. The van der Waals surface area contributed by atoms with Gasteiger partial charge < -0.3 is 5.32 Å². The Bertz CT molecular complexity index is 448. The minimum Gasteiger partial charge on any atom is -0.305 e. The van der Waals surface area contributed by atoms with Gasteiger partial charge in [-0.15, -0.1) is 0 Å². The number of rotatable bonds is 4. The van der Waals surface area contributed by atoms with Gasteiger partial charge in [-0.05, 0) is 31.5 Å². The number of pyridine rings is 1. The highest BCUT2D eigenvalue weighted by atomic mass is 14.9. The first-order chi connectivity index (χ1) is 8.25. The van der Waals surface area contributed by atoms with E-state index in [0.717, 1.165) is 12.2 Å². The maximum absolute atomic E-state index is 4.34. The Kier molecular flexibility index (Phi) is 3.89. The molecule has 2 aromatic rings. The highest BCUT2D eigenvalue weighted by molar-refractivity contribution is 5.21. The van der Waals surface area contributed by atoms with Crippen molar-refractivity contribution in [3.8, 4) is 0 Å². The molecule has 2 nitrogen and oxygen atoms in total. The van der Waals surface area contributed by atoms with Gasteiger partial charge in [-0.3, -0.25) is 4.98 Å². The van der Waals surface area contributed by atoms with Gasteiger partial charge >= 0.3 is 0 Å². The van der Waals surface area contributed by atoms with Gasteiger partial charge in [0, 0.05) is 18.8 Å². The fourth-order valence-electron chi connectivity index (χ4n) is 1.71. The highest BCUT2D eigenvalue weighted by Gasteiger charge is 2.04. The third-order valence-corrected chi connectivity index (χ3v) is 2.86. The predicted octanol–water partition coefficient (Wildman–Crippen LogP) is 3.24. The molecule has 0 aliphatic rings. The predicted molar refractivity (Wildman–Crippen MR) is 70.7 cm³/mol. The van der Waals surface area contributed by atoms with Gasteiger partial charge in [0.25, 0.3) is 0 Å². The molecule has 1 aromatic heterocycles. The van der Waals surface area contributed by atoms with Gasteiger partial charge in [-0.2, -0.15) is 0 Å². The van der Waals surface area contributed by atoms with Gasteiger partial charge in [0.15, 0.2) is 0 Å². The second kappa shape index (κ2) is 5.60. The van der Waals surface area contributed by atoms with E-state index in [1.807, 2.05) is 24.4 Å². The minimum absolute atomic E-state index is 0.275. The van der Waals surface area contributed by atoms with Crippen molar-refractivity contribution in [1.29, 1.82) is 0 Å². The molecule has 0 bridgehead atoms. The monoisotopic (exact) mass is 226 g/mol. The molecular weight excluding hydrogens is 208 g/mol. The van der Waals surface area contributed by atoms with Crippen LogP contribution in [0.25, 0.3) is 0 Å². The van der Waals surface area contributed by atoms with E-state index in [0.29, 0.717) is 0 Å². The molecule has 1 atom stereocenters. The van der Waals surface area contributed by atoms with Crippen LogP contribution < -0.4 is 5.32 Å². The fourth-order valence-corrected chi connectivity index (χ4v) is 1.71. The highest BCUT2D eigenvalue weighted by Crippen LogP contribution is 2.10. The smallest absolute Gasteiger partial charge is 0.0570 e. The summed E-state index contributed by atoms with van der Waals surface area (Å²) in [5.74, 6) is 0. The molecule has 88 valence electrons. The first-order valence-corrected chi connectivity index (χ1v) is 5.95. The van der Waals surface area contributed by atoms with Crippen molar-refractivity contribution in [1.82, 2.24) is 10.3 Å². The fraction of sp³-hybridized carbons (Fsp3) is 0.267. The molecule has 0 fully saturated rings. The van der Waals surface area contributed by atoms with Gasteiger partial charge in [-0.25, -0.2) is 0 Å².